The number of ether oxygens (including phenoxy) is 2. The molecule has 0 aromatic heterocycles. The number of carboxylic acids is 1. The third kappa shape index (κ3) is 2.17. The Balaban J connectivity index is 2.51. The Kier molecular flexibility index (Phi) is 3.02. The average Bonchev–Trinajstić information content (AvgIpc) is 2.03. The molecule has 70 valence electrons. The summed E-state index contributed by atoms with van der Waals surface area (Å²) < 4.78 is 9.78. The maximum absolute atomic E-state index is 10.5. The molecular formula is C7H12O5. The van der Waals surface area contributed by atoms with Crippen LogP contribution in [0, 0.1) is 0 Å². The van der Waals surface area contributed by atoms with Gasteiger partial charge >= 0.3 is 5.97 Å². The molecule has 1 fully saturated rings. The lowest BCUT2D eigenvalue weighted by Crippen LogP contribution is -2.40. The smallest absolute Gasteiger partial charge is 0.333 e. The molecule has 2 N–H and O–H groups in total. The fraction of sp³-hybridized carbons (Fsp3) is 0.857. The highest BCUT2D eigenvalue weighted by Gasteiger charge is 2.32. The second kappa shape index (κ2) is 3.84. The quantitative estimate of drug-likeness (QED) is 0.597. The predicted molar refractivity (Wildman–Crippen MR) is 38.5 cm³/mol. The molecule has 0 amide bonds. The van der Waals surface area contributed by atoms with Crippen molar-refractivity contribution in [2.24, 2.45) is 0 Å². The minimum Gasteiger partial charge on any atom is -0.479 e. The molecule has 0 aromatic rings. The number of carboxylic acid groups (broad SMARTS) is 1. The molecule has 0 spiro atoms. The SMILES string of the molecule is CO[C@H]1C[C@@H](O)C[C@@H](C(=O)O)O1. The van der Waals surface area contributed by atoms with Crippen molar-refractivity contribution >= 4 is 5.97 Å². The fourth-order valence-electron chi connectivity index (χ4n) is 1.17. The van der Waals surface area contributed by atoms with Gasteiger partial charge in [-0.1, -0.05) is 0 Å². The van der Waals surface area contributed by atoms with Gasteiger partial charge in [0.25, 0.3) is 0 Å². The van der Waals surface area contributed by atoms with Crippen LogP contribution in [-0.2, 0) is 14.3 Å². The summed E-state index contributed by atoms with van der Waals surface area (Å²) in [5.41, 5.74) is 0. The zero-order chi connectivity index (χ0) is 9.14. The van der Waals surface area contributed by atoms with Gasteiger partial charge in [0.1, 0.15) is 0 Å². The second-order valence-corrected chi connectivity index (χ2v) is 2.75. The van der Waals surface area contributed by atoms with E-state index < -0.39 is 24.5 Å². The summed E-state index contributed by atoms with van der Waals surface area (Å²) in [7, 11) is 1.42. The lowest BCUT2D eigenvalue weighted by Gasteiger charge is -2.29. The normalized spacial score (nSPS) is 36.3. The molecule has 0 radical (unpaired) electrons. The van der Waals surface area contributed by atoms with Gasteiger partial charge < -0.3 is 19.7 Å². The number of carbonyl (C=O) groups is 1. The highest BCUT2D eigenvalue weighted by molar-refractivity contribution is 5.72. The summed E-state index contributed by atoms with van der Waals surface area (Å²) in [6.07, 6.45) is -1.73. The van der Waals surface area contributed by atoms with E-state index in [4.69, 9.17) is 14.6 Å². The number of aliphatic hydroxyl groups excluding tert-OH is 1. The molecule has 5 nitrogen and oxygen atoms in total. The van der Waals surface area contributed by atoms with Gasteiger partial charge in [-0.2, -0.15) is 0 Å². The minimum atomic E-state index is -1.06. The Labute approximate surface area is 69.9 Å². The van der Waals surface area contributed by atoms with Gasteiger partial charge in [-0.15, -0.1) is 0 Å². The van der Waals surface area contributed by atoms with Crippen molar-refractivity contribution in [1.82, 2.24) is 0 Å². The molecule has 1 aliphatic heterocycles. The van der Waals surface area contributed by atoms with Crippen LogP contribution in [0.5, 0.6) is 0 Å². The molecule has 0 aliphatic carbocycles. The van der Waals surface area contributed by atoms with E-state index >= 15 is 0 Å². The fourth-order valence-corrected chi connectivity index (χ4v) is 1.17. The van der Waals surface area contributed by atoms with Gasteiger partial charge in [0, 0.05) is 20.0 Å². The van der Waals surface area contributed by atoms with Crippen LogP contribution in [0.3, 0.4) is 0 Å². The van der Waals surface area contributed by atoms with Crippen molar-refractivity contribution in [3.63, 3.8) is 0 Å². The van der Waals surface area contributed by atoms with Crippen LogP contribution >= 0.6 is 0 Å². The van der Waals surface area contributed by atoms with E-state index in [0.29, 0.717) is 6.42 Å². The molecule has 0 saturated carbocycles. The van der Waals surface area contributed by atoms with E-state index in [0.717, 1.165) is 0 Å². The first kappa shape index (κ1) is 9.44. The third-order valence-electron chi connectivity index (χ3n) is 1.81. The van der Waals surface area contributed by atoms with E-state index in [-0.39, 0.29) is 6.42 Å². The predicted octanol–water partition coefficient (Wildman–Crippen LogP) is -0.417. The van der Waals surface area contributed by atoms with Crippen LogP contribution in [0.15, 0.2) is 0 Å². The molecule has 12 heavy (non-hydrogen) atoms. The summed E-state index contributed by atoms with van der Waals surface area (Å²) in [4.78, 5) is 10.5. The van der Waals surface area contributed by atoms with Crippen LogP contribution in [0.1, 0.15) is 12.8 Å². The van der Waals surface area contributed by atoms with Gasteiger partial charge in [0.15, 0.2) is 12.4 Å². The first-order valence-electron chi connectivity index (χ1n) is 3.72. The highest BCUT2D eigenvalue weighted by Crippen LogP contribution is 2.19. The zero-order valence-corrected chi connectivity index (χ0v) is 6.77. The molecule has 1 rings (SSSR count). The van der Waals surface area contributed by atoms with Crippen molar-refractivity contribution in [3.8, 4) is 0 Å². The highest BCUT2D eigenvalue weighted by atomic mass is 16.7. The van der Waals surface area contributed by atoms with E-state index in [2.05, 4.69) is 0 Å². The molecular weight excluding hydrogens is 164 g/mol. The van der Waals surface area contributed by atoms with Crippen molar-refractivity contribution in [2.45, 2.75) is 31.3 Å². The number of aliphatic hydroxyl groups is 1. The molecule has 3 atom stereocenters. The second-order valence-electron chi connectivity index (χ2n) is 2.75. The van der Waals surface area contributed by atoms with E-state index in [9.17, 15) is 9.90 Å². The molecule has 0 bridgehead atoms. The lowest BCUT2D eigenvalue weighted by atomic mass is 10.1. The Bertz CT molecular complexity index is 169. The van der Waals surface area contributed by atoms with Crippen LogP contribution in [0.4, 0.5) is 0 Å². The molecule has 1 heterocycles. The summed E-state index contributed by atoms with van der Waals surface area (Å²) >= 11 is 0. The largest absolute Gasteiger partial charge is 0.479 e. The summed E-state index contributed by atoms with van der Waals surface area (Å²) in [5.74, 6) is -1.06. The molecule has 5 heteroatoms. The van der Waals surface area contributed by atoms with E-state index in [1.165, 1.54) is 7.11 Å². The van der Waals surface area contributed by atoms with Crippen LogP contribution in [0.25, 0.3) is 0 Å². The Morgan fingerprint density at radius 2 is 2.25 bits per heavy atom. The Morgan fingerprint density at radius 1 is 1.58 bits per heavy atom. The molecule has 0 aromatic carbocycles. The molecule has 1 saturated heterocycles. The first-order chi connectivity index (χ1) is 5.63. The third-order valence-corrected chi connectivity index (χ3v) is 1.81. The number of hydrogen-bond acceptors (Lipinski definition) is 4. The van der Waals surface area contributed by atoms with Gasteiger partial charge in [-0.05, 0) is 0 Å². The summed E-state index contributed by atoms with van der Waals surface area (Å²) in [5, 5.41) is 17.8. The maximum Gasteiger partial charge on any atom is 0.333 e. The lowest BCUT2D eigenvalue weighted by molar-refractivity contribution is -0.213. The van der Waals surface area contributed by atoms with E-state index in [1.807, 2.05) is 0 Å². The average molecular weight is 176 g/mol. The topological polar surface area (TPSA) is 76.0 Å². The first-order valence-corrected chi connectivity index (χ1v) is 3.72. The van der Waals surface area contributed by atoms with Crippen LogP contribution < -0.4 is 0 Å². The Hall–Kier alpha value is -0.650. The van der Waals surface area contributed by atoms with Crippen LogP contribution in [0.2, 0.25) is 0 Å². The van der Waals surface area contributed by atoms with Crippen molar-refractivity contribution in [1.29, 1.82) is 0 Å². The molecule has 1 aliphatic rings. The number of methoxy groups -OCH3 is 1. The number of hydrogen-bond donors (Lipinski definition) is 2. The van der Waals surface area contributed by atoms with Gasteiger partial charge in [-0.25, -0.2) is 4.79 Å². The number of aliphatic carboxylic acids is 1. The van der Waals surface area contributed by atoms with Crippen molar-refractivity contribution in [3.05, 3.63) is 0 Å². The maximum atomic E-state index is 10.5. The van der Waals surface area contributed by atoms with Gasteiger partial charge in [0.05, 0.1) is 6.10 Å². The summed E-state index contributed by atoms with van der Waals surface area (Å²) in [6, 6.07) is 0. The van der Waals surface area contributed by atoms with Crippen LogP contribution in [-0.4, -0.2) is 41.8 Å². The summed E-state index contributed by atoms with van der Waals surface area (Å²) in [6.45, 7) is 0. The van der Waals surface area contributed by atoms with Crippen molar-refractivity contribution < 1.29 is 24.5 Å². The molecule has 0 unspecified atom stereocenters. The van der Waals surface area contributed by atoms with Crippen molar-refractivity contribution in [2.75, 3.05) is 7.11 Å². The number of rotatable bonds is 2. The zero-order valence-electron chi connectivity index (χ0n) is 6.77. The minimum absolute atomic E-state index is 0.134. The van der Waals surface area contributed by atoms with E-state index in [1.54, 1.807) is 0 Å². The Morgan fingerprint density at radius 3 is 2.75 bits per heavy atom. The monoisotopic (exact) mass is 176 g/mol. The standard InChI is InChI=1S/C7H12O5/c1-11-6-3-4(8)2-5(12-6)7(9)10/h4-6,8H,2-3H2,1H3,(H,9,10)/t4-,5-,6+/m0/s1. The van der Waals surface area contributed by atoms with Gasteiger partial charge in [-0.3, -0.25) is 0 Å². The van der Waals surface area contributed by atoms with Gasteiger partial charge in [0.2, 0.25) is 0 Å².